The molecule has 0 fully saturated rings. The van der Waals surface area contributed by atoms with Crippen LogP contribution in [-0.4, -0.2) is 20.3 Å². The fourth-order valence-corrected chi connectivity index (χ4v) is 2.64. The lowest BCUT2D eigenvalue weighted by Gasteiger charge is -2.06. The van der Waals surface area contributed by atoms with Crippen LogP contribution in [0.5, 0.6) is 5.75 Å². The van der Waals surface area contributed by atoms with Crippen molar-refractivity contribution < 1.29 is 9.47 Å². The second-order valence-electron chi connectivity index (χ2n) is 6.65. The maximum absolute atomic E-state index is 5.74. The van der Waals surface area contributed by atoms with Crippen molar-refractivity contribution in [3.05, 3.63) is 78.9 Å². The number of nitrogens with zero attached hydrogens (tertiary/aromatic N) is 4. The second-order valence-corrected chi connectivity index (χ2v) is 6.65. The molecule has 3 aromatic carbocycles. The van der Waals surface area contributed by atoms with Crippen LogP contribution >= 0.6 is 0 Å². The largest absolute Gasteiger partial charge is 0.494 e. The van der Waals surface area contributed by atoms with E-state index in [1.807, 2.05) is 78.9 Å². The predicted octanol–water partition coefficient (Wildman–Crippen LogP) is 7.71. The van der Waals surface area contributed by atoms with E-state index in [9.17, 15) is 0 Å². The van der Waals surface area contributed by atoms with Crippen molar-refractivity contribution in [1.82, 2.24) is 0 Å². The third kappa shape index (κ3) is 7.56. The lowest BCUT2D eigenvalue weighted by molar-refractivity contribution is 0.189. The highest BCUT2D eigenvalue weighted by Crippen LogP contribution is 2.24. The number of benzene rings is 3. The van der Waals surface area contributed by atoms with Crippen molar-refractivity contribution in [2.24, 2.45) is 20.5 Å². The number of ether oxygens (including phenoxy) is 2. The molecule has 0 bridgehead atoms. The van der Waals surface area contributed by atoms with E-state index in [4.69, 9.17) is 9.47 Å². The van der Waals surface area contributed by atoms with Gasteiger partial charge in [0.15, 0.2) is 0 Å². The molecule has 0 radical (unpaired) electrons. The van der Waals surface area contributed by atoms with Crippen LogP contribution in [0.15, 0.2) is 99.3 Å². The van der Waals surface area contributed by atoms with Gasteiger partial charge in [-0.3, -0.25) is 0 Å². The van der Waals surface area contributed by atoms with E-state index >= 15 is 0 Å². The van der Waals surface area contributed by atoms with Gasteiger partial charge in [-0.15, -0.1) is 0 Å². The van der Waals surface area contributed by atoms with Crippen LogP contribution in [0, 0.1) is 0 Å². The number of unbranched alkanes of at least 4 members (excludes halogenated alkanes) is 2. The summed E-state index contributed by atoms with van der Waals surface area (Å²) in [4.78, 5) is 0. The van der Waals surface area contributed by atoms with Gasteiger partial charge in [-0.1, -0.05) is 18.2 Å². The van der Waals surface area contributed by atoms with Gasteiger partial charge in [-0.2, -0.15) is 20.5 Å². The normalized spacial score (nSPS) is 11.4. The molecule has 0 spiro atoms. The van der Waals surface area contributed by atoms with Crippen LogP contribution in [-0.2, 0) is 4.74 Å². The second kappa shape index (κ2) is 12.2. The van der Waals surface area contributed by atoms with E-state index in [0.29, 0.717) is 6.61 Å². The van der Waals surface area contributed by atoms with Crippen molar-refractivity contribution in [3.63, 3.8) is 0 Å². The Bertz CT molecular complexity index is 924. The lowest BCUT2D eigenvalue weighted by Crippen LogP contribution is -1.98. The van der Waals surface area contributed by atoms with Gasteiger partial charge in [0.25, 0.3) is 0 Å². The highest BCUT2D eigenvalue weighted by atomic mass is 16.5. The minimum Gasteiger partial charge on any atom is -0.494 e. The molecule has 0 atom stereocenters. The summed E-state index contributed by atoms with van der Waals surface area (Å²) >= 11 is 0. The third-order valence-electron chi connectivity index (χ3n) is 4.27. The quantitative estimate of drug-likeness (QED) is 0.243. The van der Waals surface area contributed by atoms with Crippen LogP contribution in [0.1, 0.15) is 19.3 Å². The van der Waals surface area contributed by atoms with E-state index < -0.39 is 0 Å². The molecule has 0 heterocycles. The molecule has 6 nitrogen and oxygen atoms in total. The Kier molecular flexibility index (Phi) is 8.70. The summed E-state index contributed by atoms with van der Waals surface area (Å²) in [5, 5.41) is 17.0. The molecule has 0 saturated carbocycles. The van der Waals surface area contributed by atoms with Crippen molar-refractivity contribution >= 4 is 22.7 Å². The average molecular weight is 402 g/mol. The van der Waals surface area contributed by atoms with Crippen molar-refractivity contribution in [1.29, 1.82) is 0 Å². The van der Waals surface area contributed by atoms with Crippen LogP contribution in [0.4, 0.5) is 22.7 Å². The lowest BCUT2D eigenvalue weighted by atomic mass is 10.2. The molecule has 0 N–H and O–H groups in total. The zero-order valence-electron chi connectivity index (χ0n) is 17.1. The fourth-order valence-electron chi connectivity index (χ4n) is 2.64. The first kappa shape index (κ1) is 21.3. The summed E-state index contributed by atoms with van der Waals surface area (Å²) in [5.74, 6) is 0.842. The summed E-state index contributed by atoms with van der Waals surface area (Å²) in [6.07, 6.45) is 3.19. The monoisotopic (exact) mass is 402 g/mol. The Labute approximate surface area is 177 Å². The van der Waals surface area contributed by atoms with E-state index in [1.165, 1.54) is 0 Å². The Morgan fingerprint density at radius 2 is 1.00 bits per heavy atom. The fraction of sp³-hybridized carbons (Fsp3) is 0.250. The molecule has 0 unspecified atom stereocenters. The maximum Gasteiger partial charge on any atom is 0.119 e. The van der Waals surface area contributed by atoms with Gasteiger partial charge in [-0.25, -0.2) is 0 Å². The summed E-state index contributed by atoms with van der Waals surface area (Å²) in [5.41, 5.74) is 3.11. The molecule has 30 heavy (non-hydrogen) atoms. The van der Waals surface area contributed by atoms with Gasteiger partial charge < -0.3 is 9.47 Å². The maximum atomic E-state index is 5.74. The Morgan fingerprint density at radius 3 is 1.53 bits per heavy atom. The number of hydrogen-bond acceptors (Lipinski definition) is 6. The first-order valence-electron chi connectivity index (χ1n) is 10.0. The minimum absolute atomic E-state index is 0.707. The zero-order chi connectivity index (χ0) is 20.9. The van der Waals surface area contributed by atoms with Gasteiger partial charge in [0.05, 0.1) is 29.4 Å². The first-order chi connectivity index (χ1) is 14.8. The van der Waals surface area contributed by atoms with Crippen molar-refractivity contribution in [3.8, 4) is 5.75 Å². The van der Waals surface area contributed by atoms with E-state index in [-0.39, 0.29) is 0 Å². The molecule has 3 aromatic rings. The highest BCUT2D eigenvalue weighted by molar-refractivity contribution is 5.48. The van der Waals surface area contributed by atoms with Crippen LogP contribution in [0.25, 0.3) is 0 Å². The molecule has 3 rings (SSSR count). The Morgan fingerprint density at radius 1 is 0.533 bits per heavy atom. The SMILES string of the molecule is COCCCCCOc1ccc(N=Nc2ccc(N=Nc3ccccc3)cc2)cc1. The van der Waals surface area contributed by atoms with Crippen LogP contribution in [0.2, 0.25) is 0 Å². The standard InChI is InChI=1S/C24H26N4O2/c1-29-18-6-3-7-19-30-24-16-14-23(15-17-24)28-27-22-12-10-21(11-13-22)26-25-20-8-4-2-5-9-20/h2,4-5,8-17H,3,6-7,18-19H2,1H3. The molecular weight excluding hydrogens is 376 g/mol. The van der Waals surface area contributed by atoms with Crippen molar-refractivity contribution in [2.75, 3.05) is 20.3 Å². The van der Waals surface area contributed by atoms with Gasteiger partial charge >= 0.3 is 0 Å². The Hall–Kier alpha value is -3.38. The Balaban J connectivity index is 1.46. The molecule has 0 amide bonds. The van der Waals surface area contributed by atoms with Crippen LogP contribution < -0.4 is 4.74 Å². The van der Waals surface area contributed by atoms with Gasteiger partial charge in [0, 0.05) is 13.7 Å². The summed E-state index contributed by atoms with van der Waals surface area (Å²) in [6.45, 7) is 1.51. The van der Waals surface area contributed by atoms with E-state index in [1.54, 1.807) is 7.11 Å². The summed E-state index contributed by atoms with van der Waals surface area (Å²) in [7, 11) is 1.73. The number of azo groups is 2. The smallest absolute Gasteiger partial charge is 0.119 e. The van der Waals surface area contributed by atoms with E-state index in [2.05, 4.69) is 20.5 Å². The summed E-state index contributed by atoms with van der Waals surface area (Å²) < 4.78 is 10.8. The molecule has 6 heteroatoms. The zero-order valence-corrected chi connectivity index (χ0v) is 17.1. The topological polar surface area (TPSA) is 67.9 Å². The molecule has 154 valence electrons. The van der Waals surface area contributed by atoms with Gasteiger partial charge in [0.1, 0.15) is 5.75 Å². The molecule has 0 aliphatic heterocycles. The highest BCUT2D eigenvalue weighted by Gasteiger charge is 1.97. The molecule has 0 aromatic heterocycles. The number of hydrogen-bond donors (Lipinski definition) is 0. The molecule has 0 aliphatic rings. The number of methoxy groups -OCH3 is 1. The predicted molar refractivity (Wildman–Crippen MR) is 119 cm³/mol. The molecular formula is C24H26N4O2. The van der Waals surface area contributed by atoms with Crippen LogP contribution in [0.3, 0.4) is 0 Å². The first-order valence-corrected chi connectivity index (χ1v) is 10.0. The molecule has 0 saturated heterocycles. The van der Waals surface area contributed by atoms with Gasteiger partial charge in [0.2, 0.25) is 0 Å². The minimum atomic E-state index is 0.707. The summed E-state index contributed by atoms with van der Waals surface area (Å²) in [6, 6.07) is 24.7. The van der Waals surface area contributed by atoms with Gasteiger partial charge in [-0.05, 0) is 79.9 Å². The third-order valence-corrected chi connectivity index (χ3v) is 4.27. The van der Waals surface area contributed by atoms with E-state index in [0.717, 1.165) is 54.4 Å². The average Bonchev–Trinajstić information content (AvgIpc) is 2.81. The van der Waals surface area contributed by atoms with Crippen molar-refractivity contribution in [2.45, 2.75) is 19.3 Å². The number of rotatable bonds is 11. The molecule has 0 aliphatic carbocycles.